The smallest absolute Gasteiger partial charge is 0.143 e. The van der Waals surface area contributed by atoms with Crippen LogP contribution in [-0.4, -0.2) is 20.9 Å². The third kappa shape index (κ3) is 3.80. The summed E-state index contributed by atoms with van der Waals surface area (Å²) >= 11 is 6.05. The van der Waals surface area contributed by atoms with Crippen molar-refractivity contribution in [3.05, 3.63) is 46.5 Å². The molecule has 0 bridgehead atoms. The minimum absolute atomic E-state index is 0.393. The Morgan fingerprint density at radius 3 is 2.27 bits per heavy atom. The Balaban J connectivity index is 0.000000948. The molecule has 5 heteroatoms. The third-order valence-electron chi connectivity index (χ3n) is 5.24. The lowest BCUT2D eigenvalue weighted by Gasteiger charge is -2.31. The van der Waals surface area contributed by atoms with Gasteiger partial charge in [-0.3, -0.25) is 0 Å². The van der Waals surface area contributed by atoms with E-state index in [4.69, 9.17) is 11.6 Å². The molecular weight excluding hydrogens is 349 g/mol. The number of nitrogens with zero attached hydrogens (tertiary/aromatic N) is 3. The van der Waals surface area contributed by atoms with Gasteiger partial charge >= 0.3 is 0 Å². The maximum atomic E-state index is 14.1. The third-order valence-corrected chi connectivity index (χ3v) is 5.49. The molecule has 0 amide bonds. The Morgan fingerprint density at radius 2 is 1.77 bits per heavy atom. The lowest BCUT2D eigenvalue weighted by molar-refractivity contribution is 0.281. The van der Waals surface area contributed by atoms with Crippen LogP contribution < -0.4 is 0 Å². The fraction of sp³-hybridized carbons (Fsp3) is 0.619. The van der Waals surface area contributed by atoms with Crippen molar-refractivity contribution in [2.45, 2.75) is 83.3 Å². The second-order valence-electron chi connectivity index (χ2n) is 7.58. The van der Waals surface area contributed by atoms with Crippen LogP contribution in [0.2, 0.25) is 5.02 Å². The molecule has 3 nitrogen and oxygen atoms in total. The van der Waals surface area contributed by atoms with E-state index in [0.717, 1.165) is 17.2 Å². The number of rotatable bonds is 6. The number of benzene rings is 1. The molecule has 0 spiro atoms. The van der Waals surface area contributed by atoms with Gasteiger partial charge in [0.25, 0.3) is 0 Å². The second kappa shape index (κ2) is 7.67. The van der Waals surface area contributed by atoms with E-state index in [0.29, 0.717) is 23.4 Å². The van der Waals surface area contributed by atoms with Gasteiger partial charge in [0.1, 0.15) is 11.6 Å². The maximum absolute atomic E-state index is 14.1. The van der Waals surface area contributed by atoms with Crippen molar-refractivity contribution in [1.29, 1.82) is 0 Å². The van der Waals surface area contributed by atoms with Crippen molar-refractivity contribution < 1.29 is 4.39 Å². The summed E-state index contributed by atoms with van der Waals surface area (Å²) in [5, 5.41) is 9.79. The molecule has 1 aromatic carbocycles. The lowest BCUT2D eigenvalue weighted by atomic mass is 9.77. The highest BCUT2D eigenvalue weighted by atomic mass is 35.5. The van der Waals surface area contributed by atoms with Gasteiger partial charge in [-0.2, -0.15) is 0 Å². The minimum atomic E-state index is -0.917. The summed E-state index contributed by atoms with van der Waals surface area (Å²) in [6, 6.07) is 8.23. The highest BCUT2D eigenvalue weighted by molar-refractivity contribution is 6.30. The fourth-order valence-electron chi connectivity index (χ4n) is 3.71. The summed E-state index contributed by atoms with van der Waals surface area (Å²) in [5.74, 6) is 2.57. The quantitative estimate of drug-likeness (QED) is 0.597. The van der Waals surface area contributed by atoms with E-state index in [-0.39, 0.29) is 0 Å². The summed E-state index contributed by atoms with van der Waals surface area (Å²) in [5.41, 5.74) is 0.551. The van der Waals surface area contributed by atoms with Crippen LogP contribution in [-0.2, 0) is 5.41 Å². The Hall–Kier alpha value is -1.42. The topological polar surface area (TPSA) is 30.7 Å². The van der Waals surface area contributed by atoms with Crippen LogP contribution in [0, 0.1) is 0 Å². The zero-order chi connectivity index (χ0) is 18.9. The number of alkyl halides is 1. The highest BCUT2D eigenvalue weighted by Crippen LogP contribution is 2.48. The van der Waals surface area contributed by atoms with E-state index in [1.165, 1.54) is 25.7 Å². The standard InChI is InChI=1S/C19H23ClFN3.C2H6/c1-12(21)11-19(2,14-5-7-15(20)8-6-14)18-23-22-17(13-3-4-13)24(18)16-9-10-16;1-2/h5-8,12-13,16H,3-4,9-11H2,1-2H3;1-2H3/t12?,19-;/m1./s1. The Kier molecular flexibility index (Phi) is 5.71. The number of hydrogen-bond donors (Lipinski definition) is 0. The van der Waals surface area contributed by atoms with Crippen LogP contribution in [0.5, 0.6) is 0 Å². The van der Waals surface area contributed by atoms with Crippen LogP contribution >= 0.6 is 11.6 Å². The second-order valence-corrected chi connectivity index (χ2v) is 8.02. The summed E-state index contributed by atoms with van der Waals surface area (Å²) < 4.78 is 16.4. The van der Waals surface area contributed by atoms with Crippen LogP contribution in [0.25, 0.3) is 0 Å². The molecule has 142 valence electrons. The first-order valence-electron chi connectivity index (χ1n) is 9.84. The van der Waals surface area contributed by atoms with Gasteiger partial charge in [0.2, 0.25) is 0 Å². The van der Waals surface area contributed by atoms with Gasteiger partial charge in [0, 0.05) is 17.0 Å². The Bertz CT molecular complexity index is 732. The predicted octanol–water partition coefficient (Wildman–Crippen LogP) is 6.22. The van der Waals surface area contributed by atoms with Gasteiger partial charge in [0.15, 0.2) is 0 Å². The van der Waals surface area contributed by atoms with Gasteiger partial charge in [-0.1, -0.05) is 37.6 Å². The van der Waals surface area contributed by atoms with Crippen molar-refractivity contribution in [3.8, 4) is 0 Å². The molecule has 2 aliphatic carbocycles. The summed E-state index contributed by atoms with van der Waals surface area (Å²) in [6.45, 7) is 7.71. The first-order chi connectivity index (χ1) is 12.5. The highest BCUT2D eigenvalue weighted by Gasteiger charge is 2.43. The van der Waals surface area contributed by atoms with Gasteiger partial charge < -0.3 is 4.57 Å². The van der Waals surface area contributed by atoms with Crippen molar-refractivity contribution in [3.63, 3.8) is 0 Å². The average molecular weight is 378 g/mol. The summed E-state index contributed by atoms with van der Waals surface area (Å²) in [7, 11) is 0. The molecule has 1 aromatic heterocycles. The molecule has 0 aliphatic heterocycles. The number of hydrogen-bond acceptors (Lipinski definition) is 2. The van der Waals surface area contributed by atoms with Gasteiger partial charge in [0.05, 0.1) is 11.6 Å². The number of aromatic nitrogens is 3. The molecule has 2 aromatic rings. The Labute approximate surface area is 161 Å². The van der Waals surface area contributed by atoms with Crippen LogP contribution in [0.3, 0.4) is 0 Å². The van der Waals surface area contributed by atoms with E-state index in [2.05, 4.69) is 21.7 Å². The van der Waals surface area contributed by atoms with Crippen LogP contribution in [0.15, 0.2) is 24.3 Å². The molecule has 1 unspecified atom stereocenters. The van der Waals surface area contributed by atoms with Gasteiger partial charge in [-0.05, 0) is 63.6 Å². The normalized spacial score (nSPS) is 20.1. The molecule has 1 heterocycles. The first kappa shape index (κ1) is 19.3. The largest absolute Gasteiger partial charge is 0.311 e. The summed E-state index contributed by atoms with van der Waals surface area (Å²) in [4.78, 5) is 0. The molecule has 2 fully saturated rings. The molecule has 2 saturated carbocycles. The van der Waals surface area contributed by atoms with Gasteiger partial charge in [-0.15, -0.1) is 10.2 Å². The molecule has 2 aliphatic rings. The fourth-order valence-corrected chi connectivity index (χ4v) is 3.84. The molecule has 0 N–H and O–H groups in total. The minimum Gasteiger partial charge on any atom is -0.311 e. The van der Waals surface area contributed by atoms with E-state index >= 15 is 0 Å². The Morgan fingerprint density at radius 1 is 1.15 bits per heavy atom. The monoisotopic (exact) mass is 377 g/mol. The number of halogens is 2. The summed E-state index contributed by atoms with van der Waals surface area (Å²) in [6.07, 6.45) is 4.22. The zero-order valence-electron chi connectivity index (χ0n) is 16.2. The molecule has 4 rings (SSSR count). The molecule has 0 radical (unpaired) electrons. The van der Waals surface area contributed by atoms with E-state index in [1.54, 1.807) is 6.92 Å². The molecule has 26 heavy (non-hydrogen) atoms. The molecule has 2 atom stereocenters. The van der Waals surface area contributed by atoms with E-state index < -0.39 is 11.6 Å². The van der Waals surface area contributed by atoms with Crippen molar-refractivity contribution >= 4 is 11.6 Å². The maximum Gasteiger partial charge on any atom is 0.143 e. The predicted molar refractivity (Wildman–Crippen MR) is 105 cm³/mol. The lowest BCUT2D eigenvalue weighted by Crippen LogP contribution is -2.31. The molecular formula is C21H29ClFN3. The van der Waals surface area contributed by atoms with E-state index in [9.17, 15) is 4.39 Å². The van der Waals surface area contributed by atoms with Crippen molar-refractivity contribution in [2.24, 2.45) is 0 Å². The van der Waals surface area contributed by atoms with Gasteiger partial charge in [-0.25, -0.2) is 4.39 Å². The molecule has 0 saturated heterocycles. The zero-order valence-corrected chi connectivity index (χ0v) is 16.9. The SMILES string of the molecule is CC.CC(F)C[C@](C)(c1ccc(Cl)cc1)c1nnc(C2CC2)n1C1CC1. The average Bonchev–Trinajstić information content (AvgIpc) is 3.55. The van der Waals surface area contributed by atoms with E-state index in [1.807, 2.05) is 38.1 Å². The first-order valence-corrected chi connectivity index (χ1v) is 10.2. The van der Waals surface area contributed by atoms with Crippen molar-refractivity contribution in [1.82, 2.24) is 14.8 Å². The van der Waals surface area contributed by atoms with Crippen LogP contribution in [0.4, 0.5) is 4.39 Å². The van der Waals surface area contributed by atoms with Crippen molar-refractivity contribution in [2.75, 3.05) is 0 Å². The van der Waals surface area contributed by atoms with Crippen LogP contribution in [0.1, 0.15) is 89.0 Å².